The van der Waals surface area contributed by atoms with Gasteiger partial charge in [0.1, 0.15) is 6.67 Å². The average molecular weight is 136 g/mol. The van der Waals surface area contributed by atoms with Crippen LogP contribution >= 0.6 is 0 Å². The fourth-order valence-electron chi connectivity index (χ4n) is 1.20. The fraction of sp³-hybridized carbons (Fsp3) is 0.625. The van der Waals surface area contributed by atoms with Crippen molar-refractivity contribution < 1.29 is 0 Å². The second-order valence-electron chi connectivity index (χ2n) is 3.02. The highest BCUT2D eigenvalue weighted by Gasteiger charge is 2.26. The first-order valence-electron chi connectivity index (χ1n) is 3.83. The van der Waals surface area contributed by atoms with Gasteiger partial charge >= 0.3 is 0 Å². The summed E-state index contributed by atoms with van der Waals surface area (Å²) in [5.74, 6) is 0.803. The molecule has 2 rings (SSSR count). The summed E-state index contributed by atoms with van der Waals surface area (Å²) in [6.07, 6.45) is 4.87. The van der Waals surface area contributed by atoms with Gasteiger partial charge in [0, 0.05) is 17.3 Å². The first kappa shape index (κ1) is 5.96. The highest BCUT2D eigenvalue weighted by Crippen LogP contribution is 2.31. The summed E-state index contributed by atoms with van der Waals surface area (Å²) in [5.41, 5.74) is 2.58. The number of allylic oxidation sites excluding steroid dienone is 2. The van der Waals surface area contributed by atoms with Crippen LogP contribution in [0, 0.1) is 5.92 Å². The maximum absolute atomic E-state index is 4.37. The molecule has 1 aliphatic carbocycles. The van der Waals surface area contributed by atoms with E-state index in [1.54, 1.807) is 0 Å². The van der Waals surface area contributed by atoms with Crippen molar-refractivity contribution in [2.45, 2.75) is 19.8 Å². The van der Waals surface area contributed by atoms with E-state index in [0.29, 0.717) is 0 Å². The molecule has 1 fully saturated rings. The van der Waals surface area contributed by atoms with E-state index < -0.39 is 0 Å². The number of nitrogens with one attached hydrogen (secondary N) is 1. The molecule has 0 aromatic carbocycles. The molecule has 2 nitrogen and oxygen atoms in total. The molecule has 1 N–H and O–H groups in total. The Hall–Kier alpha value is -0.790. The van der Waals surface area contributed by atoms with Crippen molar-refractivity contribution in [1.82, 2.24) is 5.32 Å². The Labute approximate surface area is 61.0 Å². The van der Waals surface area contributed by atoms with Crippen LogP contribution in [0.1, 0.15) is 19.8 Å². The van der Waals surface area contributed by atoms with E-state index >= 15 is 0 Å². The topological polar surface area (TPSA) is 24.4 Å². The van der Waals surface area contributed by atoms with E-state index in [1.807, 2.05) is 0 Å². The molecule has 1 saturated carbocycles. The molecule has 10 heavy (non-hydrogen) atoms. The molecule has 1 aliphatic heterocycles. The zero-order chi connectivity index (χ0) is 6.97. The van der Waals surface area contributed by atoms with E-state index in [1.165, 1.54) is 24.3 Å². The Morgan fingerprint density at radius 3 is 3.00 bits per heavy atom. The summed E-state index contributed by atoms with van der Waals surface area (Å²) >= 11 is 0. The van der Waals surface area contributed by atoms with Crippen molar-refractivity contribution in [1.29, 1.82) is 0 Å². The summed E-state index contributed by atoms with van der Waals surface area (Å²) < 4.78 is 0. The molecule has 54 valence electrons. The number of rotatable bonds is 1. The molecule has 0 unspecified atom stereocenters. The summed E-state index contributed by atoms with van der Waals surface area (Å²) in [6.45, 7) is 2.88. The minimum Gasteiger partial charge on any atom is -0.370 e. The molecular weight excluding hydrogens is 124 g/mol. The summed E-state index contributed by atoms with van der Waals surface area (Å²) in [5, 5.41) is 3.17. The standard InChI is InChI=1S/C8H12N2/c1-6-4-8(7-2-3-7)10-5-9-6/h4,7,9H,2-3,5H2,1H3. The average Bonchev–Trinajstić information content (AvgIpc) is 2.68. The third-order valence-corrected chi connectivity index (χ3v) is 1.98. The van der Waals surface area contributed by atoms with E-state index in [2.05, 4.69) is 23.3 Å². The second-order valence-corrected chi connectivity index (χ2v) is 3.02. The van der Waals surface area contributed by atoms with Gasteiger partial charge in [0.05, 0.1) is 0 Å². The van der Waals surface area contributed by atoms with Crippen molar-refractivity contribution in [2.24, 2.45) is 10.9 Å². The Bertz CT molecular complexity index is 199. The van der Waals surface area contributed by atoms with Crippen LogP contribution in [0.15, 0.2) is 16.8 Å². The van der Waals surface area contributed by atoms with Gasteiger partial charge in [0.2, 0.25) is 0 Å². The lowest BCUT2D eigenvalue weighted by molar-refractivity contribution is 0.808. The van der Waals surface area contributed by atoms with Crippen LogP contribution in [-0.4, -0.2) is 12.4 Å². The maximum atomic E-state index is 4.37. The van der Waals surface area contributed by atoms with Gasteiger partial charge in [-0.15, -0.1) is 0 Å². The number of hydrogen-bond donors (Lipinski definition) is 1. The van der Waals surface area contributed by atoms with Crippen molar-refractivity contribution in [3.8, 4) is 0 Å². The number of aliphatic imine (C=N–C) groups is 1. The SMILES string of the molecule is CC1=CC(C2CC2)=NCN1. The molecule has 0 aromatic rings. The summed E-state index contributed by atoms with van der Waals surface area (Å²) in [7, 11) is 0. The Morgan fingerprint density at radius 2 is 2.40 bits per heavy atom. The first-order valence-corrected chi connectivity index (χ1v) is 3.83. The van der Waals surface area contributed by atoms with Crippen LogP contribution in [-0.2, 0) is 0 Å². The molecule has 0 radical (unpaired) electrons. The van der Waals surface area contributed by atoms with Crippen molar-refractivity contribution in [3.05, 3.63) is 11.8 Å². The molecule has 0 saturated heterocycles. The smallest absolute Gasteiger partial charge is 0.107 e. The zero-order valence-electron chi connectivity index (χ0n) is 6.22. The quantitative estimate of drug-likeness (QED) is 0.577. The van der Waals surface area contributed by atoms with Gasteiger partial charge in [-0.1, -0.05) is 0 Å². The minimum absolute atomic E-state index is 0.786. The van der Waals surface area contributed by atoms with Gasteiger partial charge in [-0.3, -0.25) is 4.99 Å². The first-order chi connectivity index (χ1) is 4.86. The third-order valence-electron chi connectivity index (χ3n) is 1.98. The van der Waals surface area contributed by atoms with Crippen LogP contribution in [0.2, 0.25) is 0 Å². The Balaban J connectivity index is 2.12. The van der Waals surface area contributed by atoms with Gasteiger partial charge in [-0.25, -0.2) is 0 Å². The molecule has 0 bridgehead atoms. The molecule has 2 aliphatic rings. The van der Waals surface area contributed by atoms with Crippen molar-refractivity contribution in [3.63, 3.8) is 0 Å². The molecule has 2 heteroatoms. The molecular formula is C8H12N2. The van der Waals surface area contributed by atoms with E-state index in [0.717, 1.165) is 12.6 Å². The molecule has 0 spiro atoms. The molecule has 0 atom stereocenters. The minimum atomic E-state index is 0.786. The molecule has 0 amide bonds. The normalized spacial score (nSPS) is 24.9. The predicted octanol–water partition coefficient (Wildman–Crippen LogP) is 1.30. The maximum Gasteiger partial charge on any atom is 0.107 e. The third kappa shape index (κ3) is 1.06. The van der Waals surface area contributed by atoms with Gasteiger partial charge in [0.15, 0.2) is 0 Å². The van der Waals surface area contributed by atoms with Crippen LogP contribution in [0.3, 0.4) is 0 Å². The fourth-order valence-corrected chi connectivity index (χ4v) is 1.20. The summed E-state index contributed by atoms with van der Waals surface area (Å²) in [6, 6.07) is 0. The molecule has 1 heterocycles. The van der Waals surface area contributed by atoms with Gasteiger partial charge in [-0.05, 0) is 25.8 Å². The van der Waals surface area contributed by atoms with E-state index in [-0.39, 0.29) is 0 Å². The lowest BCUT2D eigenvalue weighted by Gasteiger charge is -2.10. The Morgan fingerprint density at radius 1 is 1.60 bits per heavy atom. The van der Waals surface area contributed by atoms with Gasteiger partial charge in [-0.2, -0.15) is 0 Å². The van der Waals surface area contributed by atoms with E-state index in [4.69, 9.17) is 0 Å². The van der Waals surface area contributed by atoms with Crippen LogP contribution in [0.5, 0.6) is 0 Å². The molecule has 0 aromatic heterocycles. The zero-order valence-corrected chi connectivity index (χ0v) is 6.22. The van der Waals surface area contributed by atoms with Crippen molar-refractivity contribution in [2.75, 3.05) is 6.67 Å². The van der Waals surface area contributed by atoms with Crippen LogP contribution < -0.4 is 5.32 Å². The number of hydrogen-bond acceptors (Lipinski definition) is 2. The number of nitrogens with zero attached hydrogens (tertiary/aromatic N) is 1. The highest BCUT2D eigenvalue weighted by atomic mass is 15.0. The van der Waals surface area contributed by atoms with Crippen molar-refractivity contribution >= 4 is 5.71 Å². The van der Waals surface area contributed by atoms with E-state index in [9.17, 15) is 0 Å². The lowest BCUT2D eigenvalue weighted by Crippen LogP contribution is -2.19. The second kappa shape index (κ2) is 2.11. The highest BCUT2D eigenvalue weighted by molar-refractivity contribution is 5.99. The lowest BCUT2D eigenvalue weighted by atomic mass is 10.2. The van der Waals surface area contributed by atoms with Crippen LogP contribution in [0.4, 0.5) is 0 Å². The van der Waals surface area contributed by atoms with Gasteiger partial charge < -0.3 is 5.32 Å². The summed E-state index contributed by atoms with van der Waals surface area (Å²) in [4.78, 5) is 4.37. The monoisotopic (exact) mass is 136 g/mol. The van der Waals surface area contributed by atoms with Crippen LogP contribution in [0.25, 0.3) is 0 Å². The largest absolute Gasteiger partial charge is 0.370 e. The van der Waals surface area contributed by atoms with Gasteiger partial charge in [0.25, 0.3) is 0 Å². The predicted molar refractivity (Wildman–Crippen MR) is 41.9 cm³/mol. The Kier molecular flexibility index (Phi) is 1.26.